The Hall–Kier alpha value is -0.990. The average molecular weight is 151 g/mol. The maximum Gasteiger partial charge on any atom is 0.145 e. The Balaban J connectivity index is 3.62. The molecule has 0 heterocycles. The molecule has 0 aliphatic carbocycles. The Morgan fingerprint density at radius 3 is 2.55 bits per heavy atom. The van der Waals surface area contributed by atoms with Gasteiger partial charge in [0.1, 0.15) is 12.7 Å². The van der Waals surface area contributed by atoms with Gasteiger partial charge >= 0.3 is 0 Å². The summed E-state index contributed by atoms with van der Waals surface area (Å²) >= 11 is 0. The number of nitrogens with zero attached hydrogens (tertiary/aromatic N) is 1. The topological polar surface area (TPSA) is 33.0 Å². The summed E-state index contributed by atoms with van der Waals surface area (Å²) in [7, 11) is 0. The van der Waals surface area contributed by atoms with Crippen molar-refractivity contribution in [3.05, 3.63) is 0 Å². The molecule has 0 aliphatic rings. The molecule has 0 aromatic rings. The molecule has 0 aromatic carbocycles. The third-order valence-corrected chi connectivity index (χ3v) is 1.20. The summed E-state index contributed by atoms with van der Waals surface area (Å²) in [6.45, 7) is 4.32. The van der Waals surface area contributed by atoms with E-state index in [-0.39, 0.29) is 12.7 Å². The number of hydrogen-bond acceptors (Lipinski definition) is 2. The molecule has 2 nitrogen and oxygen atoms in total. The van der Waals surface area contributed by atoms with E-state index in [4.69, 9.17) is 16.4 Å². The van der Waals surface area contributed by atoms with E-state index >= 15 is 0 Å². The van der Waals surface area contributed by atoms with Crippen molar-refractivity contribution in [2.45, 2.75) is 26.4 Å². The second-order valence-corrected chi connectivity index (χ2v) is 2.76. The molecule has 0 radical (unpaired) electrons. The van der Waals surface area contributed by atoms with Crippen molar-refractivity contribution >= 4 is 0 Å². The van der Waals surface area contributed by atoms with E-state index in [0.29, 0.717) is 5.92 Å². The Kier molecular flexibility index (Phi) is 5.25. The van der Waals surface area contributed by atoms with Crippen molar-refractivity contribution < 1.29 is 4.74 Å². The Morgan fingerprint density at radius 2 is 2.18 bits per heavy atom. The van der Waals surface area contributed by atoms with Crippen molar-refractivity contribution in [2.24, 2.45) is 5.92 Å². The minimum atomic E-state index is -0.342. The Morgan fingerprint density at radius 1 is 1.55 bits per heavy atom. The van der Waals surface area contributed by atoms with Crippen LogP contribution >= 0.6 is 0 Å². The third kappa shape index (κ3) is 5.45. The Bertz CT molecular complexity index is 173. The molecule has 1 atom stereocenters. The fraction of sp³-hybridized carbons (Fsp3) is 0.667. The highest BCUT2D eigenvalue weighted by atomic mass is 16.5. The first-order chi connectivity index (χ1) is 5.20. The van der Waals surface area contributed by atoms with Gasteiger partial charge in [-0.2, -0.15) is 5.26 Å². The van der Waals surface area contributed by atoms with E-state index in [1.165, 1.54) is 0 Å². The van der Waals surface area contributed by atoms with Crippen LogP contribution in [0.1, 0.15) is 20.3 Å². The third-order valence-electron chi connectivity index (χ3n) is 1.20. The molecular formula is C9H13NO. The fourth-order valence-corrected chi connectivity index (χ4v) is 0.735. The quantitative estimate of drug-likeness (QED) is 0.571. The molecule has 0 aliphatic heterocycles. The predicted molar refractivity (Wildman–Crippen MR) is 43.6 cm³/mol. The molecule has 1 unspecified atom stereocenters. The summed E-state index contributed by atoms with van der Waals surface area (Å²) in [5.74, 6) is 2.80. The number of rotatable bonds is 4. The monoisotopic (exact) mass is 151 g/mol. The number of nitriles is 1. The molecule has 0 spiro atoms. The zero-order valence-corrected chi connectivity index (χ0v) is 7.00. The van der Waals surface area contributed by atoms with Crippen molar-refractivity contribution in [1.29, 1.82) is 5.26 Å². The minimum absolute atomic E-state index is 0.227. The van der Waals surface area contributed by atoms with E-state index in [0.717, 1.165) is 6.42 Å². The number of ether oxygens (including phenoxy) is 1. The van der Waals surface area contributed by atoms with Gasteiger partial charge < -0.3 is 4.74 Å². The van der Waals surface area contributed by atoms with E-state index in [1.807, 2.05) is 13.8 Å². The highest BCUT2D eigenvalue weighted by Crippen LogP contribution is 2.06. The van der Waals surface area contributed by atoms with Crippen LogP contribution in [0.25, 0.3) is 0 Å². The van der Waals surface area contributed by atoms with Gasteiger partial charge in [0.15, 0.2) is 0 Å². The van der Waals surface area contributed by atoms with E-state index in [2.05, 4.69) is 12.0 Å². The lowest BCUT2D eigenvalue weighted by Crippen LogP contribution is -2.13. The van der Waals surface area contributed by atoms with Gasteiger partial charge in [0.25, 0.3) is 0 Å². The maximum absolute atomic E-state index is 8.56. The van der Waals surface area contributed by atoms with Gasteiger partial charge in [-0.25, -0.2) is 0 Å². The molecule has 0 rings (SSSR count). The lowest BCUT2D eigenvalue weighted by atomic mass is 10.1. The van der Waals surface area contributed by atoms with Crippen molar-refractivity contribution in [3.8, 4) is 18.4 Å². The first-order valence-electron chi connectivity index (χ1n) is 3.65. The minimum Gasteiger partial charge on any atom is -0.351 e. The lowest BCUT2D eigenvalue weighted by molar-refractivity contribution is 0.102. The SMILES string of the molecule is C#CCOC(C#N)CC(C)C. The van der Waals surface area contributed by atoms with Crippen LogP contribution in [-0.4, -0.2) is 12.7 Å². The average Bonchev–Trinajstić information content (AvgIpc) is 1.97. The molecule has 0 aromatic heterocycles. The zero-order valence-electron chi connectivity index (χ0n) is 7.00. The first kappa shape index (κ1) is 10.0. The van der Waals surface area contributed by atoms with Crippen LogP contribution in [-0.2, 0) is 4.74 Å². The predicted octanol–water partition coefficient (Wildman–Crippen LogP) is 1.57. The van der Waals surface area contributed by atoms with Crippen molar-refractivity contribution in [3.63, 3.8) is 0 Å². The van der Waals surface area contributed by atoms with Crippen LogP contribution in [0.3, 0.4) is 0 Å². The molecule has 60 valence electrons. The first-order valence-corrected chi connectivity index (χ1v) is 3.65. The number of hydrogen-bond donors (Lipinski definition) is 0. The molecule has 2 heteroatoms. The second-order valence-electron chi connectivity index (χ2n) is 2.76. The summed E-state index contributed by atoms with van der Waals surface area (Å²) in [6.07, 6.45) is 5.38. The van der Waals surface area contributed by atoms with E-state index < -0.39 is 0 Å². The smallest absolute Gasteiger partial charge is 0.145 e. The molecular weight excluding hydrogens is 138 g/mol. The van der Waals surface area contributed by atoms with Gasteiger partial charge in [-0.05, 0) is 12.3 Å². The fourth-order valence-electron chi connectivity index (χ4n) is 0.735. The summed E-state index contributed by atoms with van der Waals surface area (Å²) in [5, 5.41) is 8.56. The van der Waals surface area contributed by atoms with Crippen LogP contribution in [0.5, 0.6) is 0 Å². The summed E-state index contributed by atoms with van der Waals surface area (Å²) in [4.78, 5) is 0. The molecule has 0 saturated heterocycles. The molecule has 0 fully saturated rings. The van der Waals surface area contributed by atoms with Crippen molar-refractivity contribution in [2.75, 3.05) is 6.61 Å². The summed E-state index contributed by atoms with van der Waals surface area (Å²) in [5.41, 5.74) is 0. The van der Waals surface area contributed by atoms with E-state index in [9.17, 15) is 0 Å². The van der Waals surface area contributed by atoms with Gasteiger partial charge in [-0.1, -0.05) is 19.8 Å². The van der Waals surface area contributed by atoms with Crippen LogP contribution in [0.2, 0.25) is 0 Å². The Labute approximate surface area is 68.2 Å². The van der Waals surface area contributed by atoms with Gasteiger partial charge in [0.2, 0.25) is 0 Å². The van der Waals surface area contributed by atoms with Gasteiger partial charge in [-0.15, -0.1) is 6.42 Å². The standard InChI is InChI=1S/C9H13NO/c1-4-5-11-9(7-10)6-8(2)3/h1,8-9H,5-6H2,2-3H3. The molecule has 0 N–H and O–H groups in total. The largest absolute Gasteiger partial charge is 0.351 e. The van der Waals surface area contributed by atoms with Gasteiger partial charge in [-0.3, -0.25) is 0 Å². The van der Waals surface area contributed by atoms with Crippen molar-refractivity contribution in [1.82, 2.24) is 0 Å². The zero-order chi connectivity index (χ0) is 8.69. The number of terminal acetylenes is 1. The highest BCUT2D eigenvalue weighted by molar-refractivity contribution is 4.89. The van der Waals surface area contributed by atoms with Crippen LogP contribution in [0.15, 0.2) is 0 Å². The normalized spacial score (nSPS) is 12.1. The van der Waals surface area contributed by atoms with Crippen LogP contribution in [0.4, 0.5) is 0 Å². The van der Waals surface area contributed by atoms with Crippen LogP contribution in [0, 0.1) is 29.6 Å². The molecule has 0 amide bonds. The highest BCUT2D eigenvalue weighted by Gasteiger charge is 2.08. The molecule has 0 saturated carbocycles. The maximum atomic E-state index is 8.56. The van der Waals surface area contributed by atoms with Gasteiger partial charge in [0, 0.05) is 0 Å². The van der Waals surface area contributed by atoms with Crippen LogP contribution < -0.4 is 0 Å². The lowest BCUT2D eigenvalue weighted by Gasteiger charge is -2.09. The van der Waals surface area contributed by atoms with Gasteiger partial charge in [0.05, 0.1) is 6.07 Å². The molecule has 0 bridgehead atoms. The van der Waals surface area contributed by atoms with E-state index in [1.54, 1.807) is 0 Å². The molecule has 11 heavy (non-hydrogen) atoms. The summed E-state index contributed by atoms with van der Waals surface area (Å²) in [6, 6.07) is 2.05. The summed E-state index contributed by atoms with van der Waals surface area (Å²) < 4.78 is 5.05. The second kappa shape index (κ2) is 5.77.